The molecule has 0 radical (unpaired) electrons. The van der Waals surface area contributed by atoms with Crippen LogP contribution in [0.5, 0.6) is 0 Å². The first-order valence-corrected chi connectivity index (χ1v) is 8.61. The molecule has 1 aliphatic heterocycles. The Balaban J connectivity index is 1.83. The van der Waals surface area contributed by atoms with Crippen LogP contribution in [0.2, 0.25) is 0 Å². The topological polar surface area (TPSA) is 73.4 Å². The van der Waals surface area contributed by atoms with Crippen molar-refractivity contribution in [3.8, 4) is 0 Å². The number of H-pyrrole nitrogens is 1. The number of rotatable bonds is 4. The van der Waals surface area contributed by atoms with Crippen molar-refractivity contribution in [1.29, 1.82) is 0 Å². The Hall–Kier alpha value is -2.30. The van der Waals surface area contributed by atoms with E-state index in [0.29, 0.717) is 18.9 Å². The largest absolute Gasteiger partial charge is 0.480 e. The van der Waals surface area contributed by atoms with Crippen LogP contribution in [-0.4, -0.2) is 39.5 Å². The van der Waals surface area contributed by atoms with Crippen LogP contribution >= 0.6 is 0 Å². The van der Waals surface area contributed by atoms with Gasteiger partial charge in [0, 0.05) is 23.6 Å². The SMILES string of the molecule is CCc1cccc2c(CC(=O)N3CCC(C)CC3C(=O)O)c[nH]c12. The molecular weight excluding hydrogens is 304 g/mol. The number of amides is 1. The lowest BCUT2D eigenvalue weighted by Crippen LogP contribution is -2.50. The molecular formula is C19H24N2O3. The third-order valence-corrected chi connectivity index (χ3v) is 5.08. The summed E-state index contributed by atoms with van der Waals surface area (Å²) in [5.74, 6) is -0.658. The average molecular weight is 328 g/mol. The molecule has 5 heteroatoms. The maximum absolute atomic E-state index is 12.7. The Morgan fingerprint density at radius 1 is 1.33 bits per heavy atom. The highest BCUT2D eigenvalue weighted by atomic mass is 16.4. The lowest BCUT2D eigenvalue weighted by molar-refractivity contribution is -0.152. The maximum Gasteiger partial charge on any atom is 0.326 e. The van der Waals surface area contributed by atoms with E-state index in [1.54, 1.807) is 4.90 Å². The number of aryl methyl sites for hydroxylation is 1. The van der Waals surface area contributed by atoms with Crippen LogP contribution in [0.3, 0.4) is 0 Å². The fourth-order valence-corrected chi connectivity index (χ4v) is 3.65. The van der Waals surface area contributed by atoms with Crippen molar-refractivity contribution in [1.82, 2.24) is 9.88 Å². The molecule has 2 heterocycles. The molecule has 3 rings (SSSR count). The number of carboxylic acid groups (broad SMARTS) is 1. The number of nitrogens with one attached hydrogen (secondary N) is 1. The van der Waals surface area contributed by atoms with Gasteiger partial charge in [0.15, 0.2) is 0 Å². The third-order valence-electron chi connectivity index (χ3n) is 5.08. The molecule has 24 heavy (non-hydrogen) atoms. The van der Waals surface area contributed by atoms with E-state index in [9.17, 15) is 14.7 Å². The van der Waals surface area contributed by atoms with Gasteiger partial charge in [-0.05, 0) is 36.3 Å². The summed E-state index contributed by atoms with van der Waals surface area (Å²) in [6, 6.07) is 5.40. The van der Waals surface area contributed by atoms with Gasteiger partial charge in [-0.15, -0.1) is 0 Å². The number of aliphatic carboxylic acids is 1. The second kappa shape index (κ2) is 6.67. The molecule has 128 valence electrons. The van der Waals surface area contributed by atoms with Gasteiger partial charge in [-0.25, -0.2) is 4.79 Å². The van der Waals surface area contributed by atoms with Gasteiger partial charge in [-0.2, -0.15) is 0 Å². The second-order valence-corrected chi connectivity index (χ2v) is 6.75. The van der Waals surface area contributed by atoms with Gasteiger partial charge in [0.05, 0.1) is 6.42 Å². The van der Waals surface area contributed by atoms with Gasteiger partial charge >= 0.3 is 5.97 Å². The maximum atomic E-state index is 12.7. The summed E-state index contributed by atoms with van der Waals surface area (Å²) >= 11 is 0. The van der Waals surface area contributed by atoms with E-state index in [-0.39, 0.29) is 12.3 Å². The zero-order valence-electron chi connectivity index (χ0n) is 14.2. The molecule has 1 saturated heterocycles. The number of benzene rings is 1. The number of piperidine rings is 1. The number of likely N-dealkylation sites (tertiary alicyclic amines) is 1. The number of hydrogen-bond donors (Lipinski definition) is 2. The molecule has 2 N–H and O–H groups in total. The Morgan fingerprint density at radius 3 is 2.83 bits per heavy atom. The van der Waals surface area contributed by atoms with Crippen molar-refractivity contribution in [3.63, 3.8) is 0 Å². The first kappa shape index (κ1) is 16.6. The summed E-state index contributed by atoms with van der Waals surface area (Å²) in [5.41, 5.74) is 3.24. The van der Waals surface area contributed by atoms with Crippen LogP contribution < -0.4 is 0 Å². The van der Waals surface area contributed by atoms with Gasteiger partial charge in [-0.3, -0.25) is 4.79 Å². The molecule has 1 fully saturated rings. The zero-order valence-corrected chi connectivity index (χ0v) is 14.2. The van der Waals surface area contributed by atoms with Crippen molar-refractivity contribution in [2.45, 2.75) is 45.6 Å². The first-order valence-electron chi connectivity index (χ1n) is 8.61. The quantitative estimate of drug-likeness (QED) is 0.906. The zero-order chi connectivity index (χ0) is 17.3. The number of nitrogens with zero attached hydrogens (tertiary/aromatic N) is 1. The molecule has 1 aliphatic rings. The van der Waals surface area contributed by atoms with Crippen molar-refractivity contribution in [2.24, 2.45) is 5.92 Å². The Labute approximate surface area is 141 Å². The van der Waals surface area contributed by atoms with E-state index < -0.39 is 12.0 Å². The minimum atomic E-state index is -0.901. The minimum absolute atomic E-state index is 0.0999. The number of fused-ring (bicyclic) bond motifs is 1. The highest BCUT2D eigenvalue weighted by Gasteiger charge is 2.34. The molecule has 2 atom stereocenters. The monoisotopic (exact) mass is 328 g/mol. The van der Waals surface area contributed by atoms with E-state index in [1.165, 1.54) is 5.56 Å². The third kappa shape index (κ3) is 3.03. The Morgan fingerprint density at radius 2 is 2.12 bits per heavy atom. The van der Waals surface area contributed by atoms with Crippen molar-refractivity contribution >= 4 is 22.8 Å². The fraction of sp³-hybridized carbons (Fsp3) is 0.474. The van der Waals surface area contributed by atoms with Gasteiger partial charge < -0.3 is 15.0 Å². The Kier molecular flexibility index (Phi) is 4.60. The fourth-order valence-electron chi connectivity index (χ4n) is 3.65. The van der Waals surface area contributed by atoms with Gasteiger partial charge in [-0.1, -0.05) is 32.0 Å². The molecule has 0 saturated carbocycles. The average Bonchev–Trinajstić information content (AvgIpc) is 2.97. The van der Waals surface area contributed by atoms with Crippen molar-refractivity contribution < 1.29 is 14.7 Å². The van der Waals surface area contributed by atoms with Crippen LogP contribution in [-0.2, 0) is 22.4 Å². The number of carbonyl (C=O) groups excluding carboxylic acids is 1. The number of para-hydroxylation sites is 1. The van der Waals surface area contributed by atoms with E-state index in [4.69, 9.17) is 0 Å². The lowest BCUT2D eigenvalue weighted by atomic mass is 9.92. The number of carbonyl (C=O) groups is 2. The second-order valence-electron chi connectivity index (χ2n) is 6.75. The van der Waals surface area contributed by atoms with Gasteiger partial charge in [0.1, 0.15) is 6.04 Å². The summed E-state index contributed by atoms with van der Waals surface area (Å²) in [5, 5.41) is 10.5. The summed E-state index contributed by atoms with van der Waals surface area (Å²) in [6.45, 7) is 4.68. The van der Waals surface area contributed by atoms with Crippen LogP contribution in [0.15, 0.2) is 24.4 Å². The van der Waals surface area contributed by atoms with E-state index in [0.717, 1.165) is 29.3 Å². The molecule has 0 aliphatic carbocycles. The van der Waals surface area contributed by atoms with Crippen LogP contribution in [0.1, 0.15) is 37.8 Å². The predicted molar refractivity (Wildman–Crippen MR) is 92.9 cm³/mol. The molecule has 0 spiro atoms. The summed E-state index contributed by atoms with van der Waals surface area (Å²) < 4.78 is 0. The van der Waals surface area contributed by atoms with Crippen molar-refractivity contribution in [3.05, 3.63) is 35.5 Å². The van der Waals surface area contributed by atoms with Gasteiger partial charge in [0.25, 0.3) is 0 Å². The van der Waals surface area contributed by atoms with E-state index in [2.05, 4.69) is 18.0 Å². The molecule has 1 aromatic heterocycles. The molecule has 1 amide bonds. The smallest absolute Gasteiger partial charge is 0.326 e. The lowest BCUT2D eigenvalue weighted by Gasteiger charge is -2.36. The van der Waals surface area contributed by atoms with Crippen LogP contribution in [0.4, 0.5) is 0 Å². The standard InChI is InChI=1S/C19H24N2O3/c1-3-13-5-4-6-15-14(11-20-18(13)15)10-17(22)21-8-7-12(2)9-16(21)19(23)24/h4-6,11-12,16,20H,3,7-10H2,1-2H3,(H,23,24). The predicted octanol–water partition coefficient (Wildman–Crippen LogP) is 2.98. The summed E-state index contributed by atoms with van der Waals surface area (Å²) in [4.78, 5) is 29.1. The highest BCUT2D eigenvalue weighted by molar-refractivity contribution is 5.92. The highest BCUT2D eigenvalue weighted by Crippen LogP contribution is 2.26. The summed E-state index contributed by atoms with van der Waals surface area (Å²) in [7, 11) is 0. The molecule has 5 nitrogen and oxygen atoms in total. The molecule has 1 aromatic carbocycles. The van der Waals surface area contributed by atoms with Crippen LogP contribution in [0.25, 0.3) is 10.9 Å². The number of aromatic amines is 1. The number of carboxylic acids is 1. The van der Waals surface area contributed by atoms with E-state index in [1.807, 2.05) is 25.3 Å². The Bertz CT molecular complexity index is 765. The molecule has 0 bridgehead atoms. The molecule has 2 unspecified atom stereocenters. The first-order chi connectivity index (χ1) is 11.5. The number of aromatic nitrogens is 1. The normalized spacial score (nSPS) is 21.2. The van der Waals surface area contributed by atoms with Crippen LogP contribution in [0, 0.1) is 5.92 Å². The van der Waals surface area contributed by atoms with Gasteiger partial charge in [0.2, 0.25) is 5.91 Å². The summed E-state index contributed by atoms with van der Waals surface area (Å²) in [6.07, 6.45) is 4.45. The van der Waals surface area contributed by atoms with E-state index >= 15 is 0 Å². The van der Waals surface area contributed by atoms with Crippen molar-refractivity contribution in [2.75, 3.05) is 6.54 Å². The number of hydrogen-bond acceptors (Lipinski definition) is 2. The molecule has 2 aromatic rings. The minimum Gasteiger partial charge on any atom is -0.480 e.